The maximum absolute atomic E-state index is 12.0. The van der Waals surface area contributed by atoms with Crippen LogP contribution in [-0.2, 0) is 14.3 Å². The van der Waals surface area contributed by atoms with Crippen LogP contribution in [0.5, 0.6) is 0 Å². The van der Waals surface area contributed by atoms with Crippen molar-refractivity contribution < 1.29 is 19.1 Å². The molecule has 24 heavy (non-hydrogen) atoms. The molecule has 0 aliphatic heterocycles. The SMILES string of the molecule is C[C@H](OC(=O)CNC(=O)c1ccc(-c2ccccc2)cc1)C(N)=O. The quantitative estimate of drug-likeness (QED) is 0.786. The Balaban J connectivity index is 1.91. The third kappa shape index (κ3) is 4.67. The van der Waals surface area contributed by atoms with Crippen LogP contribution in [0.2, 0.25) is 0 Å². The van der Waals surface area contributed by atoms with Gasteiger partial charge in [-0.25, -0.2) is 0 Å². The van der Waals surface area contributed by atoms with Crippen LogP contribution in [0.25, 0.3) is 11.1 Å². The summed E-state index contributed by atoms with van der Waals surface area (Å²) in [4.78, 5) is 34.3. The smallest absolute Gasteiger partial charge is 0.326 e. The highest BCUT2D eigenvalue weighted by Gasteiger charge is 2.15. The first-order valence-corrected chi connectivity index (χ1v) is 7.40. The average Bonchev–Trinajstić information content (AvgIpc) is 2.60. The second kappa shape index (κ2) is 7.92. The Bertz CT molecular complexity index is 726. The molecule has 0 bridgehead atoms. The number of carbonyl (C=O) groups is 3. The molecule has 0 aromatic heterocycles. The zero-order valence-electron chi connectivity index (χ0n) is 13.2. The number of carbonyl (C=O) groups excluding carboxylic acids is 3. The van der Waals surface area contributed by atoms with E-state index in [4.69, 9.17) is 10.5 Å². The summed E-state index contributed by atoms with van der Waals surface area (Å²) in [6.45, 7) is 1.03. The molecule has 2 rings (SSSR count). The number of hydrogen-bond donors (Lipinski definition) is 2. The summed E-state index contributed by atoms with van der Waals surface area (Å²) in [5, 5.41) is 2.44. The lowest BCUT2D eigenvalue weighted by Gasteiger charge is -2.10. The number of ether oxygens (including phenoxy) is 1. The Morgan fingerprint density at radius 3 is 2.17 bits per heavy atom. The highest BCUT2D eigenvalue weighted by molar-refractivity contribution is 5.96. The molecule has 2 amide bonds. The van der Waals surface area contributed by atoms with Gasteiger partial charge in [0, 0.05) is 5.56 Å². The van der Waals surface area contributed by atoms with E-state index in [1.807, 2.05) is 42.5 Å². The van der Waals surface area contributed by atoms with E-state index < -0.39 is 23.9 Å². The monoisotopic (exact) mass is 326 g/mol. The van der Waals surface area contributed by atoms with Crippen molar-refractivity contribution in [1.29, 1.82) is 0 Å². The Morgan fingerprint density at radius 1 is 1.00 bits per heavy atom. The summed E-state index contributed by atoms with van der Waals surface area (Å²) < 4.78 is 4.75. The number of nitrogens with one attached hydrogen (secondary N) is 1. The zero-order valence-corrected chi connectivity index (χ0v) is 13.2. The lowest BCUT2D eigenvalue weighted by atomic mass is 10.0. The average molecular weight is 326 g/mol. The Kier molecular flexibility index (Phi) is 5.68. The minimum Gasteiger partial charge on any atom is -0.451 e. The number of nitrogens with two attached hydrogens (primary N) is 1. The van der Waals surface area contributed by atoms with Crippen LogP contribution in [0.1, 0.15) is 17.3 Å². The molecule has 6 heteroatoms. The van der Waals surface area contributed by atoms with Crippen LogP contribution in [0.15, 0.2) is 54.6 Å². The van der Waals surface area contributed by atoms with Crippen molar-refractivity contribution in [3.05, 3.63) is 60.2 Å². The van der Waals surface area contributed by atoms with E-state index in [1.54, 1.807) is 12.1 Å². The van der Waals surface area contributed by atoms with Crippen LogP contribution in [0.4, 0.5) is 0 Å². The lowest BCUT2D eigenvalue weighted by molar-refractivity contribution is -0.152. The van der Waals surface area contributed by atoms with Crippen molar-refractivity contribution >= 4 is 17.8 Å². The standard InChI is InChI=1S/C18H18N2O4/c1-12(17(19)22)24-16(21)11-20-18(23)15-9-7-14(8-10-15)13-5-3-2-4-6-13/h2-10,12H,11H2,1H3,(H2,19,22)(H,20,23)/t12-/m0/s1. The zero-order chi connectivity index (χ0) is 17.5. The molecule has 2 aromatic carbocycles. The molecule has 2 aromatic rings. The van der Waals surface area contributed by atoms with Crippen LogP contribution in [0.3, 0.4) is 0 Å². The molecular weight excluding hydrogens is 308 g/mol. The van der Waals surface area contributed by atoms with Gasteiger partial charge in [0.1, 0.15) is 6.54 Å². The molecule has 0 unspecified atom stereocenters. The van der Waals surface area contributed by atoms with Gasteiger partial charge in [0.25, 0.3) is 11.8 Å². The summed E-state index contributed by atoms with van der Waals surface area (Å²) in [5.74, 6) is -1.87. The molecule has 6 nitrogen and oxygen atoms in total. The van der Waals surface area contributed by atoms with E-state index in [-0.39, 0.29) is 6.54 Å². The van der Waals surface area contributed by atoms with E-state index in [0.717, 1.165) is 11.1 Å². The molecule has 124 valence electrons. The van der Waals surface area contributed by atoms with E-state index >= 15 is 0 Å². The summed E-state index contributed by atoms with van der Waals surface area (Å²) >= 11 is 0. The molecule has 0 aliphatic carbocycles. The molecule has 0 radical (unpaired) electrons. The Hall–Kier alpha value is -3.15. The molecule has 0 spiro atoms. The van der Waals surface area contributed by atoms with Gasteiger partial charge in [0.2, 0.25) is 0 Å². The van der Waals surface area contributed by atoms with Crippen molar-refractivity contribution in [2.24, 2.45) is 5.73 Å². The predicted octanol–water partition coefficient (Wildman–Crippen LogP) is 1.50. The molecule has 0 fully saturated rings. The Morgan fingerprint density at radius 2 is 1.58 bits per heavy atom. The van der Waals surface area contributed by atoms with Crippen molar-refractivity contribution in [3.63, 3.8) is 0 Å². The number of benzene rings is 2. The first kappa shape index (κ1) is 17.2. The van der Waals surface area contributed by atoms with Gasteiger partial charge >= 0.3 is 5.97 Å². The van der Waals surface area contributed by atoms with Crippen LogP contribution < -0.4 is 11.1 Å². The number of rotatable bonds is 6. The van der Waals surface area contributed by atoms with E-state index in [2.05, 4.69) is 5.32 Å². The van der Waals surface area contributed by atoms with Crippen LogP contribution in [0, 0.1) is 0 Å². The maximum atomic E-state index is 12.0. The largest absolute Gasteiger partial charge is 0.451 e. The van der Waals surface area contributed by atoms with E-state index in [1.165, 1.54) is 6.92 Å². The second-order valence-electron chi connectivity index (χ2n) is 5.16. The number of hydrogen-bond acceptors (Lipinski definition) is 4. The summed E-state index contributed by atoms with van der Waals surface area (Å²) in [5.41, 5.74) is 7.45. The highest BCUT2D eigenvalue weighted by atomic mass is 16.5. The van der Waals surface area contributed by atoms with Crippen LogP contribution >= 0.6 is 0 Å². The van der Waals surface area contributed by atoms with Crippen molar-refractivity contribution in [2.45, 2.75) is 13.0 Å². The second-order valence-corrected chi connectivity index (χ2v) is 5.16. The number of esters is 1. The first-order chi connectivity index (χ1) is 11.5. The van der Waals surface area contributed by atoms with Gasteiger partial charge < -0.3 is 15.8 Å². The van der Waals surface area contributed by atoms with Crippen molar-refractivity contribution in [1.82, 2.24) is 5.32 Å². The highest BCUT2D eigenvalue weighted by Crippen LogP contribution is 2.19. The fourth-order valence-electron chi connectivity index (χ4n) is 2.00. The molecule has 0 saturated carbocycles. The maximum Gasteiger partial charge on any atom is 0.326 e. The summed E-state index contributed by atoms with van der Waals surface area (Å²) in [6.07, 6.45) is -1.03. The third-order valence-electron chi connectivity index (χ3n) is 3.36. The first-order valence-electron chi connectivity index (χ1n) is 7.40. The lowest BCUT2D eigenvalue weighted by Crippen LogP contribution is -2.36. The molecular formula is C18H18N2O4. The fraction of sp³-hybridized carbons (Fsp3) is 0.167. The molecule has 0 saturated heterocycles. The molecule has 1 atom stereocenters. The topological polar surface area (TPSA) is 98.5 Å². The van der Waals surface area contributed by atoms with Crippen LogP contribution in [-0.4, -0.2) is 30.4 Å². The van der Waals surface area contributed by atoms with E-state index in [9.17, 15) is 14.4 Å². The summed E-state index contributed by atoms with van der Waals surface area (Å²) in [6, 6.07) is 16.8. The third-order valence-corrected chi connectivity index (χ3v) is 3.36. The minimum absolute atomic E-state index is 0.336. The fourth-order valence-corrected chi connectivity index (χ4v) is 2.00. The van der Waals surface area contributed by atoms with E-state index in [0.29, 0.717) is 5.56 Å². The van der Waals surface area contributed by atoms with Gasteiger partial charge in [-0.3, -0.25) is 14.4 Å². The van der Waals surface area contributed by atoms with Gasteiger partial charge in [0.15, 0.2) is 6.10 Å². The van der Waals surface area contributed by atoms with Gasteiger partial charge in [-0.15, -0.1) is 0 Å². The number of primary amides is 1. The van der Waals surface area contributed by atoms with Gasteiger partial charge in [-0.2, -0.15) is 0 Å². The predicted molar refractivity (Wildman–Crippen MR) is 89.0 cm³/mol. The van der Waals surface area contributed by atoms with Gasteiger partial charge in [-0.05, 0) is 30.2 Å². The Labute approximate surface area is 139 Å². The van der Waals surface area contributed by atoms with Crippen molar-refractivity contribution in [3.8, 4) is 11.1 Å². The summed E-state index contributed by atoms with van der Waals surface area (Å²) in [7, 11) is 0. The normalized spacial score (nSPS) is 11.4. The van der Waals surface area contributed by atoms with Gasteiger partial charge in [-0.1, -0.05) is 42.5 Å². The van der Waals surface area contributed by atoms with Gasteiger partial charge in [0.05, 0.1) is 0 Å². The number of amides is 2. The molecule has 0 heterocycles. The molecule has 0 aliphatic rings. The van der Waals surface area contributed by atoms with Crippen molar-refractivity contribution in [2.75, 3.05) is 6.54 Å². The molecule has 3 N–H and O–H groups in total. The minimum atomic E-state index is -1.03.